The second-order valence-corrected chi connectivity index (χ2v) is 6.43. The number of nitrogens with one attached hydrogen (secondary N) is 1. The first-order valence-corrected chi connectivity index (χ1v) is 8.11. The van der Waals surface area contributed by atoms with Crippen molar-refractivity contribution in [3.8, 4) is 0 Å². The van der Waals surface area contributed by atoms with Gasteiger partial charge < -0.3 is 10.2 Å². The maximum atomic E-state index is 12.4. The van der Waals surface area contributed by atoms with Crippen LogP contribution in [0.5, 0.6) is 0 Å². The Bertz CT molecular complexity index is 709. The largest absolute Gasteiger partial charge is 0.465 e. The average molecular weight is 309 g/mol. The quantitative estimate of drug-likeness (QED) is 0.837. The van der Waals surface area contributed by atoms with Crippen LogP contribution in [0.25, 0.3) is 0 Å². The second-order valence-electron chi connectivity index (χ2n) is 4.73. The van der Waals surface area contributed by atoms with E-state index in [1.165, 1.54) is 0 Å². The highest BCUT2D eigenvalue weighted by molar-refractivity contribution is 7.89. The molecule has 6 nitrogen and oxygen atoms in total. The van der Waals surface area contributed by atoms with E-state index in [9.17, 15) is 8.42 Å². The van der Waals surface area contributed by atoms with Gasteiger partial charge in [-0.05, 0) is 38.0 Å². The highest BCUT2D eigenvalue weighted by atomic mass is 32.2. The van der Waals surface area contributed by atoms with E-state index in [2.05, 4.69) is 9.71 Å². The molecule has 21 heavy (non-hydrogen) atoms. The molecule has 0 unspecified atom stereocenters. The molecule has 0 saturated carbocycles. The van der Waals surface area contributed by atoms with Crippen LogP contribution in [0, 0.1) is 13.8 Å². The van der Waals surface area contributed by atoms with Crippen LogP contribution in [-0.4, -0.2) is 19.9 Å². The minimum absolute atomic E-state index is 0.129. The number of aromatic nitrogens is 1. The lowest BCUT2D eigenvalue weighted by Crippen LogP contribution is -2.27. The van der Waals surface area contributed by atoms with Gasteiger partial charge in [-0.15, -0.1) is 0 Å². The van der Waals surface area contributed by atoms with Gasteiger partial charge >= 0.3 is 0 Å². The number of hydrogen-bond donors (Lipinski definition) is 2. The van der Waals surface area contributed by atoms with Crippen LogP contribution in [0.4, 0.5) is 0 Å². The fraction of sp³-hybridized carbons (Fsp3) is 0.357. The molecule has 0 aliphatic rings. The molecule has 0 bridgehead atoms. The zero-order chi connectivity index (χ0) is 15.5. The standard InChI is InChI=1S/C14H19N3O3S/c1-10-13(9-15)14(11(2)20-10)21(18,19)17-8-5-12-3-6-16-7-4-12/h3-4,6-7,17H,5,8-9,15H2,1-2H3. The first-order valence-electron chi connectivity index (χ1n) is 6.63. The zero-order valence-corrected chi connectivity index (χ0v) is 12.9. The first-order chi connectivity index (χ1) is 9.95. The maximum Gasteiger partial charge on any atom is 0.244 e. The lowest BCUT2D eigenvalue weighted by molar-refractivity contribution is 0.494. The van der Waals surface area contributed by atoms with Gasteiger partial charge in [0, 0.05) is 31.0 Å². The Morgan fingerprint density at radius 2 is 1.90 bits per heavy atom. The molecule has 0 aliphatic carbocycles. The van der Waals surface area contributed by atoms with E-state index >= 15 is 0 Å². The van der Waals surface area contributed by atoms with Crippen LogP contribution in [0.1, 0.15) is 22.6 Å². The molecule has 0 spiro atoms. The van der Waals surface area contributed by atoms with Crippen LogP contribution in [-0.2, 0) is 23.0 Å². The summed E-state index contributed by atoms with van der Waals surface area (Å²) in [6.07, 6.45) is 3.95. The van der Waals surface area contributed by atoms with Crippen molar-refractivity contribution < 1.29 is 12.8 Å². The minimum Gasteiger partial charge on any atom is -0.465 e. The van der Waals surface area contributed by atoms with Crippen molar-refractivity contribution in [1.82, 2.24) is 9.71 Å². The molecule has 0 atom stereocenters. The van der Waals surface area contributed by atoms with Gasteiger partial charge in [-0.1, -0.05) is 0 Å². The summed E-state index contributed by atoms with van der Waals surface area (Å²) in [6.45, 7) is 3.78. The number of furan rings is 1. The van der Waals surface area contributed by atoms with Gasteiger partial charge in [0.15, 0.2) is 0 Å². The number of rotatable bonds is 6. The number of pyridine rings is 1. The Kier molecular flexibility index (Phi) is 4.76. The molecule has 2 heterocycles. The average Bonchev–Trinajstić information content (AvgIpc) is 2.74. The molecule has 114 valence electrons. The molecule has 3 N–H and O–H groups in total. The number of hydrogen-bond acceptors (Lipinski definition) is 5. The summed E-state index contributed by atoms with van der Waals surface area (Å²) >= 11 is 0. The highest BCUT2D eigenvalue weighted by Crippen LogP contribution is 2.25. The number of sulfonamides is 1. The molecule has 2 aromatic rings. The van der Waals surface area contributed by atoms with Crippen molar-refractivity contribution in [2.75, 3.05) is 6.54 Å². The van der Waals surface area contributed by atoms with Gasteiger partial charge in [0.1, 0.15) is 16.4 Å². The van der Waals surface area contributed by atoms with Crippen molar-refractivity contribution in [3.05, 3.63) is 47.2 Å². The van der Waals surface area contributed by atoms with Crippen molar-refractivity contribution in [1.29, 1.82) is 0 Å². The zero-order valence-electron chi connectivity index (χ0n) is 12.1. The van der Waals surface area contributed by atoms with Crippen LogP contribution in [0.3, 0.4) is 0 Å². The van der Waals surface area contributed by atoms with Crippen molar-refractivity contribution >= 4 is 10.0 Å². The Morgan fingerprint density at radius 1 is 1.24 bits per heavy atom. The van der Waals surface area contributed by atoms with Crippen molar-refractivity contribution in [2.45, 2.75) is 31.7 Å². The van der Waals surface area contributed by atoms with Crippen LogP contribution in [0.15, 0.2) is 33.8 Å². The highest BCUT2D eigenvalue weighted by Gasteiger charge is 2.25. The van der Waals surface area contributed by atoms with E-state index in [4.69, 9.17) is 10.2 Å². The Labute approximate surface area is 124 Å². The smallest absolute Gasteiger partial charge is 0.244 e. The SMILES string of the molecule is Cc1oc(C)c(S(=O)(=O)NCCc2ccncc2)c1CN. The van der Waals surface area contributed by atoms with Gasteiger partial charge in [0.05, 0.1) is 0 Å². The lowest BCUT2D eigenvalue weighted by atomic mass is 10.2. The monoisotopic (exact) mass is 309 g/mol. The topological polar surface area (TPSA) is 98.2 Å². The summed E-state index contributed by atoms with van der Waals surface area (Å²) in [5, 5.41) is 0. The third-order valence-electron chi connectivity index (χ3n) is 3.25. The molecule has 2 aromatic heterocycles. The molecule has 0 saturated heterocycles. The predicted octanol–water partition coefficient (Wildman–Crippen LogP) is 1.27. The van der Waals surface area contributed by atoms with Gasteiger partial charge in [0.25, 0.3) is 0 Å². The second kappa shape index (κ2) is 6.38. The number of nitrogens with zero attached hydrogens (tertiary/aromatic N) is 1. The molecule has 7 heteroatoms. The summed E-state index contributed by atoms with van der Waals surface area (Å²) in [5.41, 5.74) is 7.17. The van der Waals surface area contributed by atoms with Gasteiger partial charge in [0.2, 0.25) is 10.0 Å². The molecular weight excluding hydrogens is 290 g/mol. The number of nitrogens with two attached hydrogens (primary N) is 1. The van der Waals surface area contributed by atoms with Crippen LogP contribution < -0.4 is 10.5 Å². The fourth-order valence-corrected chi connectivity index (χ4v) is 3.74. The maximum absolute atomic E-state index is 12.4. The molecule has 2 rings (SSSR count). The van der Waals surface area contributed by atoms with Crippen molar-refractivity contribution in [3.63, 3.8) is 0 Å². The molecule has 0 fully saturated rings. The third-order valence-corrected chi connectivity index (χ3v) is 4.91. The summed E-state index contributed by atoms with van der Waals surface area (Å²) < 4.78 is 32.8. The normalized spacial score (nSPS) is 11.8. The molecule has 0 aromatic carbocycles. The van der Waals surface area contributed by atoms with E-state index in [-0.39, 0.29) is 11.4 Å². The predicted molar refractivity (Wildman–Crippen MR) is 79.2 cm³/mol. The van der Waals surface area contributed by atoms with Crippen molar-refractivity contribution in [2.24, 2.45) is 5.73 Å². The summed E-state index contributed by atoms with van der Waals surface area (Å²) in [6, 6.07) is 3.71. The lowest BCUT2D eigenvalue weighted by Gasteiger charge is -2.07. The van der Waals surface area contributed by atoms with E-state index in [0.717, 1.165) is 5.56 Å². The van der Waals surface area contributed by atoms with Gasteiger partial charge in [-0.25, -0.2) is 13.1 Å². The van der Waals surface area contributed by atoms with E-state index in [0.29, 0.717) is 30.0 Å². The Balaban J connectivity index is 2.12. The molecule has 0 amide bonds. The first kappa shape index (κ1) is 15.7. The van der Waals surface area contributed by atoms with E-state index in [1.54, 1.807) is 26.2 Å². The fourth-order valence-electron chi connectivity index (χ4n) is 2.25. The minimum atomic E-state index is -3.62. The third kappa shape index (κ3) is 3.49. The summed E-state index contributed by atoms with van der Waals surface area (Å²) in [4.78, 5) is 4.09. The Morgan fingerprint density at radius 3 is 2.52 bits per heavy atom. The molecule has 0 radical (unpaired) electrons. The summed E-state index contributed by atoms with van der Waals surface area (Å²) in [5.74, 6) is 0.911. The van der Waals surface area contributed by atoms with Gasteiger partial charge in [-0.2, -0.15) is 0 Å². The van der Waals surface area contributed by atoms with Gasteiger partial charge in [-0.3, -0.25) is 4.98 Å². The van der Waals surface area contributed by atoms with E-state index < -0.39 is 10.0 Å². The molecule has 0 aliphatic heterocycles. The Hall–Kier alpha value is -1.70. The molecular formula is C14H19N3O3S. The van der Waals surface area contributed by atoms with E-state index in [1.807, 2.05) is 12.1 Å². The summed E-state index contributed by atoms with van der Waals surface area (Å²) in [7, 11) is -3.62. The van der Waals surface area contributed by atoms with Crippen LogP contribution in [0.2, 0.25) is 0 Å². The van der Waals surface area contributed by atoms with Crippen LogP contribution >= 0.6 is 0 Å². The number of aryl methyl sites for hydroxylation is 2.